The number of amides is 1. The van der Waals surface area contributed by atoms with Crippen LogP contribution in [0.25, 0.3) is 0 Å². The lowest BCUT2D eigenvalue weighted by Crippen LogP contribution is -2.55. The van der Waals surface area contributed by atoms with Gasteiger partial charge in [0.05, 0.1) is 19.8 Å². The quantitative estimate of drug-likeness (QED) is 0.796. The van der Waals surface area contributed by atoms with Crippen molar-refractivity contribution in [3.8, 4) is 0 Å². The number of carbonyl (C=O) groups excluding carboxylic acids is 1. The molecule has 0 aliphatic carbocycles. The highest BCUT2D eigenvalue weighted by Gasteiger charge is 2.34. The smallest absolute Gasteiger partial charge is 0.236 e. The van der Waals surface area contributed by atoms with E-state index in [0.717, 1.165) is 32.6 Å². The minimum Gasteiger partial charge on any atom is -0.378 e. The minimum absolute atomic E-state index is 0. The first-order valence-electron chi connectivity index (χ1n) is 6.82. The molecule has 0 aromatic rings. The van der Waals surface area contributed by atoms with E-state index in [1.165, 1.54) is 0 Å². The van der Waals surface area contributed by atoms with Crippen LogP contribution in [-0.4, -0.2) is 67.7 Å². The predicted molar refractivity (Wildman–Crippen MR) is 77.5 cm³/mol. The molecule has 0 saturated carbocycles. The zero-order valence-electron chi connectivity index (χ0n) is 11.9. The van der Waals surface area contributed by atoms with Crippen molar-refractivity contribution in [3.05, 3.63) is 0 Å². The molecule has 2 rings (SSSR count). The average molecular weight is 292 g/mol. The molecule has 112 valence electrons. The van der Waals surface area contributed by atoms with Gasteiger partial charge in [-0.25, -0.2) is 0 Å². The normalized spacial score (nSPS) is 27.7. The van der Waals surface area contributed by atoms with Gasteiger partial charge in [0.2, 0.25) is 5.91 Å². The van der Waals surface area contributed by atoms with Crippen molar-refractivity contribution in [1.29, 1.82) is 0 Å². The number of rotatable bonds is 2. The van der Waals surface area contributed by atoms with Crippen LogP contribution in [0.5, 0.6) is 0 Å². The molecule has 0 radical (unpaired) electrons. The van der Waals surface area contributed by atoms with Gasteiger partial charge in [-0.05, 0) is 11.8 Å². The third kappa shape index (κ3) is 4.31. The number of nitrogens with zero attached hydrogens (tertiary/aromatic N) is 2. The summed E-state index contributed by atoms with van der Waals surface area (Å²) in [6, 6.07) is 0.243. The van der Waals surface area contributed by atoms with E-state index in [4.69, 9.17) is 10.5 Å². The second kappa shape index (κ2) is 6.88. The minimum atomic E-state index is 0. The summed E-state index contributed by atoms with van der Waals surface area (Å²) in [6.07, 6.45) is 0.976. The van der Waals surface area contributed by atoms with Crippen LogP contribution in [0.2, 0.25) is 0 Å². The molecule has 6 heteroatoms. The number of carbonyl (C=O) groups is 1. The lowest BCUT2D eigenvalue weighted by Gasteiger charge is -2.43. The highest BCUT2D eigenvalue weighted by Crippen LogP contribution is 2.27. The number of ether oxygens (including phenoxy) is 1. The molecule has 0 aromatic heterocycles. The Bertz CT molecular complexity index is 306. The Morgan fingerprint density at radius 2 is 1.95 bits per heavy atom. The Balaban J connectivity index is 0.00000180. The van der Waals surface area contributed by atoms with Crippen LogP contribution in [0.15, 0.2) is 0 Å². The number of nitrogens with two attached hydrogens (primary N) is 1. The number of hydrogen-bond donors (Lipinski definition) is 1. The molecule has 2 fully saturated rings. The molecule has 2 heterocycles. The zero-order chi connectivity index (χ0) is 13.2. The molecule has 2 saturated heterocycles. The Hall–Kier alpha value is -0.360. The molecule has 1 atom stereocenters. The first-order valence-corrected chi connectivity index (χ1v) is 6.82. The number of hydrogen-bond acceptors (Lipinski definition) is 4. The van der Waals surface area contributed by atoms with Crippen LogP contribution in [0.4, 0.5) is 0 Å². The summed E-state index contributed by atoms with van der Waals surface area (Å²) < 4.78 is 5.26. The summed E-state index contributed by atoms with van der Waals surface area (Å²) in [6.45, 7) is 9.53. The lowest BCUT2D eigenvalue weighted by atomic mass is 9.80. The molecule has 0 spiro atoms. The van der Waals surface area contributed by atoms with Crippen molar-refractivity contribution in [1.82, 2.24) is 9.80 Å². The molecule has 2 N–H and O–H groups in total. The number of likely N-dealkylation sites (tertiary alicyclic amines) is 1. The van der Waals surface area contributed by atoms with Gasteiger partial charge >= 0.3 is 0 Å². The van der Waals surface area contributed by atoms with Crippen molar-refractivity contribution in [2.24, 2.45) is 11.1 Å². The van der Waals surface area contributed by atoms with Crippen LogP contribution in [0.3, 0.4) is 0 Å². The van der Waals surface area contributed by atoms with Crippen molar-refractivity contribution in [3.63, 3.8) is 0 Å². The zero-order valence-corrected chi connectivity index (χ0v) is 12.7. The van der Waals surface area contributed by atoms with Gasteiger partial charge in [-0.2, -0.15) is 0 Å². The Morgan fingerprint density at radius 3 is 2.53 bits per heavy atom. The fraction of sp³-hybridized carbons (Fsp3) is 0.923. The first-order chi connectivity index (χ1) is 8.49. The topological polar surface area (TPSA) is 58.8 Å². The largest absolute Gasteiger partial charge is 0.378 e. The van der Waals surface area contributed by atoms with Crippen LogP contribution >= 0.6 is 12.4 Å². The monoisotopic (exact) mass is 291 g/mol. The molecule has 5 nitrogen and oxygen atoms in total. The summed E-state index contributed by atoms with van der Waals surface area (Å²) in [5.74, 6) is 0.226. The van der Waals surface area contributed by atoms with Crippen molar-refractivity contribution in [2.45, 2.75) is 26.3 Å². The van der Waals surface area contributed by atoms with Gasteiger partial charge in [0.15, 0.2) is 0 Å². The highest BCUT2D eigenvalue weighted by molar-refractivity contribution is 5.85. The van der Waals surface area contributed by atoms with Gasteiger partial charge in [-0.15, -0.1) is 12.4 Å². The van der Waals surface area contributed by atoms with Gasteiger partial charge in [-0.1, -0.05) is 13.8 Å². The first kappa shape index (κ1) is 16.7. The van der Waals surface area contributed by atoms with Crippen molar-refractivity contribution >= 4 is 18.3 Å². The molecule has 1 unspecified atom stereocenters. The highest BCUT2D eigenvalue weighted by atomic mass is 35.5. The number of halogens is 1. The van der Waals surface area contributed by atoms with Gasteiger partial charge in [0.25, 0.3) is 0 Å². The summed E-state index contributed by atoms with van der Waals surface area (Å²) in [7, 11) is 0. The summed E-state index contributed by atoms with van der Waals surface area (Å²) in [5, 5.41) is 0. The standard InChI is InChI=1S/C13H25N3O2.ClH/c1-13(2)10-15(4-3-11(13)14)9-12(17)16-5-7-18-8-6-16;/h11H,3-10,14H2,1-2H3;1H. The van der Waals surface area contributed by atoms with E-state index in [1.807, 2.05) is 4.90 Å². The molecule has 0 bridgehead atoms. The van der Waals surface area contributed by atoms with Crippen LogP contribution in [-0.2, 0) is 9.53 Å². The maximum Gasteiger partial charge on any atom is 0.236 e. The van der Waals surface area contributed by atoms with E-state index in [9.17, 15) is 4.79 Å². The molecular formula is C13H26ClN3O2. The number of piperidine rings is 1. The average Bonchev–Trinajstić information content (AvgIpc) is 2.34. The molecule has 19 heavy (non-hydrogen) atoms. The summed E-state index contributed by atoms with van der Waals surface area (Å²) >= 11 is 0. The molecule has 0 aromatic carbocycles. The van der Waals surface area contributed by atoms with Crippen LogP contribution in [0, 0.1) is 5.41 Å². The van der Waals surface area contributed by atoms with Gasteiger partial charge in [-0.3, -0.25) is 9.69 Å². The number of morpholine rings is 1. The maximum absolute atomic E-state index is 12.2. The summed E-state index contributed by atoms with van der Waals surface area (Å²) in [5.41, 5.74) is 6.21. The Kier molecular flexibility index (Phi) is 6.05. The maximum atomic E-state index is 12.2. The predicted octanol–water partition coefficient (Wildman–Crippen LogP) is 0.326. The van der Waals surface area contributed by atoms with E-state index in [2.05, 4.69) is 18.7 Å². The molecule has 2 aliphatic heterocycles. The summed E-state index contributed by atoms with van der Waals surface area (Å²) in [4.78, 5) is 16.3. The molecule has 2 aliphatic rings. The van der Waals surface area contributed by atoms with Gasteiger partial charge in [0.1, 0.15) is 0 Å². The second-order valence-electron chi connectivity index (χ2n) is 6.09. The van der Waals surface area contributed by atoms with Gasteiger partial charge < -0.3 is 15.4 Å². The SMILES string of the molecule is CC1(C)CN(CC(=O)N2CCOCC2)CCC1N.Cl. The van der Waals surface area contributed by atoms with Crippen LogP contribution in [0.1, 0.15) is 20.3 Å². The van der Waals surface area contributed by atoms with E-state index in [0.29, 0.717) is 19.8 Å². The third-order valence-corrected chi connectivity index (χ3v) is 4.11. The lowest BCUT2D eigenvalue weighted by molar-refractivity contribution is -0.137. The Labute approximate surface area is 121 Å². The molecular weight excluding hydrogens is 266 g/mol. The van der Waals surface area contributed by atoms with E-state index in [1.54, 1.807) is 0 Å². The van der Waals surface area contributed by atoms with E-state index < -0.39 is 0 Å². The van der Waals surface area contributed by atoms with Crippen molar-refractivity contribution in [2.75, 3.05) is 45.9 Å². The van der Waals surface area contributed by atoms with Crippen LogP contribution < -0.4 is 5.73 Å². The van der Waals surface area contributed by atoms with E-state index in [-0.39, 0.29) is 29.8 Å². The second-order valence-corrected chi connectivity index (χ2v) is 6.09. The fourth-order valence-corrected chi connectivity index (χ4v) is 2.72. The van der Waals surface area contributed by atoms with Crippen molar-refractivity contribution < 1.29 is 9.53 Å². The Morgan fingerprint density at radius 1 is 1.32 bits per heavy atom. The van der Waals surface area contributed by atoms with Gasteiger partial charge in [0, 0.05) is 32.2 Å². The van der Waals surface area contributed by atoms with E-state index >= 15 is 0 Å². The third-order valence-electron chi connectivity index (χ3n) is 4.11. The fourth-order valence-electron chi connectivity index (χ4n) is 2.72. The molecule has 1 amide bonds.